The Balaban J connectivity index is 0.977. The molecule has 28 heteroatoms. The number of aromatic nitrogens is 3. The maximum Gasteiger partial charge on any atom is 0.303 e. The topological polar surface area (TPSA) is 309 Å². The van der Waals surface area contributed by atoms with Crippen LogP contribution in [0.2, 0.25) is 0 Å². The third-order valence-electron chi connectivity index (χ3n) is 16.6. The number of thiazole rings is 1. The molecule has 6 N–H and O–H groups in total. The Morgan fingerprint density at radius 1 is 0.640 bits per heavy atom. The molecule has 0 aliphatic rings. The Bertz CT molecular complexity index is 3380. The SMILES string of the molecule is CC[C@H](C)[C@H](NC(=O)[C@H](C(C)C)N(C)C)C(=O)N(C)[C@H](C[C@@H](OC(C)=O)c1nc(C(=O)N[C@@H](Cc2ccccc2)C[C@H](C)C(=O)NOCc2ccc(NC(=O)[C@H](C)NC(=O)CCOCCOCCOCCOCCNC(=O)c3ccc4nc(CSC)c(CSC)nc4c3)cc2)cs1)C(C)C. The van der Waals surface area contributed by atoms with Crippen LogP contribution in [0.5, 0.6) is 0 Å². The van der Waals surface area contributed by atoms with Crippen LogP contribution in [0.25, 0.3) is 11.0 Å². The summed E-state index contributed by atoms with van der Waals surface area (Å²) in [6.45, 7) is 19.2. The summed E-state index contributed by atoms with van der Waals surface area (Å²) < 4.78 is 28.1. The van der Waals surface area contributed by atoms with Gasteiger partial charge in [0.15, 0.2) is 6.10 Å². The summed E-state index contributed by atoms with van der Waals surface area (Å²) in [5.74, 6) is -2.31. The molecule has 0 saturated heterocycles. The van der Waals surface area contributed by atoms with Crippen LogP contribution >= 0.6 is 34.9 Å². The van der Waals surface area contributed by atoms with Crippen molar-refractivity contribution >= 4 is 98.9 Å². The quantitative estimate of drug-likeness (QED) is 0.0121. The van der Waals surface area contributed by atoms with Crippen molar-refractivity contribution in [1.29, 1.82) is 0 Å². The lowest BCUT2D eigenvalue weighted by molar-refractivity contribution is -0.149. The molecule has 5 rings (SSSR count). The number of hydrogen-bond acceptors (Lipinski definition) is 21. The lowest BCUT2D eigenvalue weighted by Crippen LogP contribution is -2.58. The van der Waals surface area contributed by atoms with Gasteiger partial charge < -0.3 is 55.2 Å². The lowest BCUT2D eigenvalue weighted by Gasteiger charge is -2.37. The first-order valence-electron chi connectivity index (χ1n) is 34.0. The first-order valence-corrected chi connectivity index (χ1v) is 37.7. The number of amides is 7. The Hall–Kier alpha value is -7.15. The van der Waals surface area contributed by atoms with Crippen molar-refractivity contribution in [3.8, 4) is 0 Å². The van der Waals surface area contributed by atoms with Crippen LogP contribution in [0.4, 0.5) is 5.69 Å². The number of carbonyl (C=O) groups is 8. The molecular weight excluding hydrogens is 1340 g/mol. The summed E-state index contributed by atoms with van der Waals surface area (Å²) >= 11 is 4.55. The Morgan fingerprint density at radius 3 is 1.85 bits per heavy atom. The molecule has 0 saturated carbocycles. The normalized spacial score (nSPS) is 13.9. The molecule has 5 aromatic rings. The lowest BCUT2D eigenvalue weighted by atomic mass is 9.92. The smallest absolute Gasteiger partial charge is 0.303 e. The summed E-state index contributed by atoms with van der Waals surface area (Å²) in [6.07, 6.45) is 4.65. The number of carbonyl (C=O) groups excluding carboxylic acids is 8. The number of fused-ring (bicyclic) bond motifs is 1. The van der Waals surface area contributed by atoms with E-state index in [0.717, 1.165) is 45.3 Å². The number of hydroxylamine groups is 1. The molecule has 25 nitrogen and oxygen atoms in total. The van der Waals surface area contributed by atoms with Gasteiger partial charge in [-0.25, -0.2) is 20.4 Å². The number of benzene rings is 3. The molecule has 0 fully saturated rings. The van der Waals surface area contributed by atoms with Crippen LogP contribution < -0.4 is 32.1 Å². The van der Waals surface area contributed by atoms with Crippen molar-refractivity contribution < 1.29 is 66.9 Å². The highest BCUT2D eigenvalue weighted by atomic mass is 32.2. The molecule has 2 aromatic heterocycles. The van der Waals surface area contributed by atoms with Crippen molar-refractivity contribution in [2.24, 2.45) is 23.7 Å². The molecule has 0 aliphatic heterocycles. The molecule has 7 amide bonds. The Morgan fingerprint density at radius 2 is 1.26 bits per heavy atom. The van der Waals surface area contributed by atoms with Gasteiger partial charge in [-0.2, -0.15) is 23.5 Å². The van der Waals surface area contributed by atoms with E-state index in [0.29, 0.717) is 86.4 Å². The van der Waals surface area contributed by atoms with Crippen molar-refractivity contribution in [3.05, 3.63) is 117 Å². The van der Waals surface area contributed by atoms with E-state index in [4.69, 9.17) is 38.5 Å². The van der Waals surface area contributed by atoms with Crippen molar-refractivity contribution in [2.45, 2.75) is 149 Å². The van der Waals surface area contributed by atoms with Gasteiger partial charge in [-0.05, 0) is 106 Å². The van der Waals surface area contributed by atoms with Crippen LogP contribution in [0.3, 0.4) is 0 Å². The summed E-state index contributed by atoms with van der Waals surface area (Å²) in [4.78, 5) is 130. The van der Waals surface area contributed by atoms with Gasteiger partial charge in [0, 0.05) is 79.5 Å². The molecule has 0 radical (unpaired) electrons. The van der Waals surface area contributed by atoms with Gasteiger partial charge in [0.05, 0.1) is 87.9 Å². The second-order valence-corrected chi connectivity index (χ2v) is 28.2. The third kappa shape index (κ3) is 28.3. The molecule has 0 bridgehead atoms. The highest BCUT2D eigenvalue weighted by molar-refractivity contribution is 7.98. The van der Waals surface area contributed by atoms with Gasteiger partial charge in [-0.15, -0.1) is 11.3 Å². The molecule has 0 unspecified atom stereocenters. The van der Waals surface area contributed by atoms with Gasteiger partial charge in [-0.3, -0.25) is 48.1 Å². The number of nitrogens with zero attached hydrogens (tertiary/aromatic N) is 5. The van der Waals surface area contributed by atoms with Crippen LogP contribution in [-0.2, 0) is 81.8 Å². The predicted molar refractivity (Wildman–Crippen MR) is 391 cm³/mol. The minimum atomic E-state index is -0.905. The number of nitrogens with one attached hydrogen (secondary N) is 6. The third-order valence-corrected chi connectivity index (χ3v) is 18.6. The monoisotopic (exact) mass is 1440 g/mol. The largest absolute Gasteiger partial charge is 0.455 e. The van der Waals surface area contributed by atoms with Crippen molar-refractivity contribution in [1.82, 2.24) is 51.5 Å². The standard InChI is InChI=1S/C72H105N11O14S3/c1-15-47(6)64(80-70(90)65(46(4)5)82(10)11)72(91)83(12)61(45(2)3)40-62(97-50(9)84)71-79-60(44-100-71)69(89)76-55(38-51-19-17-16-18-20-51)37-48(7)66(86)81-96-41-52-21-24-54(25-22-52)75-67(87)49(8)74-63(85)27-29-92-31-33-94-35-36-95-34-32-93-30-28-73-68(88)53-23-26-56-57(39-53)78-59(43-99-14)58(77-56)42-98-13/h16-26,39,44-49,55,61-62,64-65H,15,27-38,40-43H2,1-14H3,(H,73,88)(H,74,85)(H,75,87)(H,76,89)(H,80,90)(H,81,86)/t47-,48-,49-,55+,61+,62+,64-,65-/m0/s1. The van der Waals surface area contributed by atoms with Gasteiger partial charge >= 0.3 is 5.97 Å². The van der Waals surface area contributed by atoms with Gasteiger partial charge in [-0.1, -0.05) is 97.4 Å². The van der Waals surface area contributed by atoms with E-state index < -0.39 is 65.9 Å². The van der Waals surface area contributed by atoms with Crippen LogP contribution in [0.15, 0.2) is 78.2 Å². The fourth-order valence-corrected chi connectivity index (χ4v) is 12.9. The first kappa shape index (κ1) is 83.5. The average molecular weight is 1440 g/mol. The number of esters is 1. The molecule has 8 atom stereocenters. The minimum Gasteiger partial charge on any atom is -0.455 e. The number of hydrogen-bond donors (Lipinski definition) is 6. The van der Waals surface area contributed by atoms with E-state index in [1.54, 1.807) is 91.1 Å². The number of ether oxygens (including phenoxy) is 5. The van der Waals surface area contributed by atoms with Crippen LogP contribution in [0, 0.1) is 23.7 Å². The molecular formula is C72H105N11O14S3. The number of rotatable bonds is 46. The van der Waals surface area contributed by atoms with Crippen LogP contribution in [-0.4, -0.2) is 195 Å². The number of anilines is 1. The Kier molecular flexibility index (Phi) is 37.0. The maximum atomic E-state index is 14.4. The summed E-state index contributed by atoms with van der Waals surface area (Å²) in [6, 6.07) is 18.7. The fourth-order valence-electron chi connectivity index (χ4n) is 11.0. The zero-order valence-corrected chi connectivity index (χ0v) is 62.9. The van der Waals surface area contributed by atoms with Crippen molar-refractivity contribution in [3.63, 3.8) is 0 Å². The molecule has 0 aliphatic carbocycles. The van der Waals surface area contributed by atoms with Crippen molar-refractivity contribution in [2.75, 3.05) is 98.4 Å². The molecule has 100 heavy (non-hydrogen) atoms. The highest BCUT2D eigenvalue weighted by Gasteiger charge is 2.38. The van der Waals surface area contributed by atoms with E-state index in [2.05, 4.69) is 37.0 Å². The van der Waals surface area contributed by atoms with Gasteiger partial charge in [0.2, 0.25) is 29.5 Å². The van der Waals surface area contributed by atoms with E-state index in [1.165, 1.54) is 6.92 Å². The molecule has 0 spiro atoms. The number of thioether (sulfide) groups is 2. The molecule has 550 valence electrons. The molecule has 3 aromatic carbocycles. The summed E-state index contributed by atoms with van der Waals surface area (Å²) in [5, 5.41) is 16.5. The number of likely N-dealkylation sites (N-methyl/N-ethyl adjacent to an activating group) is 2. The predicted octanol–water partition coefficient (Wildman–Crippen LogP) is 8.35. The maximum absolute atomic E-state index is 14.4. The Labute approximate surface area is 601 Å². The summed E-state index contributed by atoms with van der Waals surface area (Å²) in [7, 11) is 5.38. The van der Waals surface area contributed by atoms with E-state index in [-0.39, 0.29) is 86.2 Å². The first-order chi connectivity index (χ1) is 47.8. The molecule has 2 heterocycles. The summed E-state index contributed by atoms with van der Waals surface area (Å²) in [5.41, 5.74) is 8.62. The minimum absolute atomic E-state index is 0.00123. The van der Waals surface area contributed by atoms with E-state index in [9.17, 15) is 38.4 Å². The zero-order chi connectivity index (χ0) is 73.3. The van der Waals surface area contributed by atoms with E-state index >= 15 is 0 Å². The van der Waals surface area contributed by atoms with Gasteiger partial charge in [0.1, 0.15) is 22.8 Å². The highest BCUT2D eigenvalue weighted by Crippen LogP contribution is 2.32. The van der Waals surface area contributed by atoms with Gasteiger partial charge in [0.25, 0.3) is 11.8 Å². The second-order valence-electron chi connectivity index (χ2n) is 25.6. The van der Waals surface area contributed by atoms with Crippen LogP contribution in [0.1, 0.15) is 142 Å². The van der Waals surface area contributed by atoms with E-state index in [1.807, 2.05) is 109 Å². The average Bonchev–Trinajstić information content (AvgIpc) is 1.47. The zero-order valence-electron chi connectivity index (χ0n) is 60.5. The fraction of sp³-hybridized carbons (Fsp3) is 0.569. The second kappa shape index (κ2) is 44.3.